The number of benzene rings is 1. The highest BCUT2D eigenvalue weighted by molar-refractivity contribution is 6.04. The van der Waals surface area contributed by atoms with E-state index in [1.54, 1.807) is 18.2 Å². The summed E-state index contributed by atoms with van der Waals surface area (Å²) in [7, 11) is 0. The summed E-state index contributed by atoms with van der Waals surface area (Å²) in [4.78, 5) is 15.6. The maximum absolute atomic E-state index is 11.4. The van der Waals surface area contributed by atoms with Crippen LogP contribution in [-0.2, 0) is 4.74 Å². The van der Waals surface area contributed by atoms with Crippen LogP contribution < -0.4 is 4.74 Å². The van der Waals surface area contributed by atoms with Crippen molar-refractivity contribution >= 4 is 16.9 Å². The van der Waals surface area contributed by atoms with E-state index in [1.165, 1.54) is 6.20 Å². The van der Waals surface area contributed by atoms with Gasteiger partial charge < -0.3 is 14.6 Å². The summed E-state index contributed by atoms with van der Waals surface area (Å²) in [6.45, 7) is 3.21. The summed E-state index contributed by atoms with van der Waals surface area (Å²) in [5.41, 5.74) is 0.777. The predicted molar refractivity (Wildman–Crippen MR) is 70.7 cm³/mol. The molecule has 0 atom stereocenters. The first-order chi connectivity index (χ1) is 9.24. The van der Waals surface area contributed by atoms with Crippen LogP contribution in [0.1, 0.15) is 17.3 Å². The normalized spacial score (nSPS) is 10.6. The molecule has 1 aromatic carbocycles. The molecule has 0 bridgehead atoms. The first-order valence-electron chi connectivity index (χ1n) is 6.05. The zero-order chi connectivity index (χ0) is 13.7. The molecule has 0 aliphatic carbocycles. The number of carbonyl (C=O) groups is 1. The van der Waals surface area contributed by atoms with E-state index in [0.29, 0.717) is 30.7 Å². The first kappa shape index (κ1) is 13.3. The lowest BCUT2D eigenvalue weighted by Crippen LogP contribution is -2.10. The van der Waals surface area contributed by atoms with Crippen molar-refractivity contribution in [2.75, 3.05) is 19.8 Å². The molecule has 19 heavy (non-hydrogen) atoms. The molecule has 2 aromatic rings. The largest absolute Gasteiger partial charge is 0.489 e. The summed E-state index contributed by atoms with van der Waals surface area (Å²) in [5.74, 6) is -0.754. The van der Waals surface area contributed by atoms with Crippen molar-refractivity contribution in [1.82, 2.24) is 4.98 Å². The van der Waals surface area contributed by atoms with Crippen LogP contribution in [-0.4, -0.2) is 35.9 Å². The van der Waals surface area contributed by atoms with Crippen molar-refractivity contribution in [1.29, 1.82) is 0 Å². The van der Waals surface area contributed by atoms with Crippen LogP contribution >= 0.6 is 0 Å². The van der Waals surface area contributed by atoms with Gasteiger partial charge in [0.15, 0.2) is 5.75 Å². The molecule has 5 nitrogen and oxygen atoms in total. The maximum atomic E-state index is 11.4. The number of hydrogen-bond donors (Lipinski definition) is 1. The summed E-state index contributed by atoms with van der Waals surface area (Å²) < 4.78 is 10.6. The van der Waals surface area contributed by atoms with Crippen LogP contribution in [0.25, 0.3) is 10.9 Å². The van der Waals surface area contributed by atoms with Crippen LogP contribution in [0.4, 0.5) is 0 Å². The lowest BCUT2D eigenvalue weighted by Gasteiger charge is -2.10. The summed E-state index contributed by atoms with van der Waals surface area (Å²) in [6, 6.07) is 7.09. The molecule has 5 heteroatoms. The Labute approximate surface area is 110 Å². The van der Waals surface area contributed by atoms with Crippen molar-refractivity contribution in [2.24, 2.45) is 0 Å². The van der Waals surface area contributed by atoms with Crippen LogP contribution in [0.2, 0.25) is 0 Å². The van der Waals surface area contributed by atoms with E-state index in [1.807, 2.05) is 13.0 Å². The molecule has 0 radical (unpaired) electrons. The van der Waals surface area contributed by atoms with E-state index >= 15 is 0 Å². The fourth-order valence-corrected chi connectivity index (χ4v) is 1.81. The molecule has 0 aliphatic rings. The smallest absolute Gasteiger partial charge is 0.340 e. The standard InChI is InChI=1S/C14H15NO4/c1-2-18-7-8-19-12-9-15-11-6-4-3-5-10(11)13(12)14(16)17/h3-6,9H,2,7-8H2,1H3,(H,16,17). The number of rotatable bonds is 6. The Kier molecular flexibility index (Phi) is 4.30. The third kappa shape index (κ3) is 3.00. The van der Waals surface area contributed by atoms with E-state index in [2.05, 4.69) is 4.98 Å². The molecule has 1 N–H and O–H groups in total. The van der Waals surface area contributed by atoms with Gasteiger partial charge in [-0.3, -0.25) is 4.98 Å². The van der Waals surface area contributed by atoms with Crippen molar-refractivity contribution in [2.45, 2.75) is 6.92 Å². The summed E-state index contributed by atoms with van der Waals surface area (Å²) >= 11 is 0. The van der Waals surface area contributed by atoms with Crippen molar-refractivity contribution < 1.29 is 19.4 Å². The SMILES string of the molecule is CCOCCOc1cnc2ccccc2c1C(=O)O. The quantitative estimate of drug-likeness (QED) is 0.808. The molecule has 1 aromatic heterocycles. The van der Waals surface area contributed by atoms with E-state index in [9.17, 15) is 9.90 Å². The van der Waals surface area contributed by atoms with Gasteiger partial charge in [-0.2, -0.15) is 0 Å². The van der Waals surface area contributed by atoms with Gasteiger partial charge in [0.2, 0.25) is 0 Å². The Morgan fingerprint density at radius 3 is 2.84 bits per heavy atom. The number of fused-ring (bicyclic) bond motifs is 1. The molecule has 0 unspecified atom stereocenters. The lowest BCUT2D eigenvalue weighted by atomic mass is 10.1. The van der Waals surface area contributed by atoms with E-state index < -0.39 is 5.97 Å². The minimum Gasteiger partial charge on any atom is -0.489 e. The second-order valence-electron chi connectivity index (χ2n) is 3.87. The van der Waals surface area contributed by atoms with Gasteiger partial charge in [0.1, 0.15) is 12.2 Å². The van der Waals surface area contributed by atoms with Gasteiger partial charge in [0.25, 0.3) is 0 Å². The monoisotopic (exact) mass is 261 g/mol. The second kappa shape index (κ2) is 6.15. The van der Waals surface area contributed by atoms with Gasteiger partial charge in [-0.1, -0.05) is 18.2 Å². The average Bonchev–Trinajstić information content (AvgIpc) is 2.42. The molecular formula is C14H15NO4. The van der Waals surface area contributed by atoms with Gasteiger partial charge >= 0.3 is 5.97 Å². The topological polar surface area (TPSA) is 68.7 Å². The average molecular weight is 261 g/mol. The number of aromatic carboxylic acids is 1. The van der Waals surface area contributed by atoms with E-state index in [0.717, 1.165) is 0 Å². The van der Waals surface area contributed by atoms with Gasteiger partial charge in [0, 0.05) is 12.0 Å². The van der Waals surface area contributed by atoms with Crippen molar-refractivity contribution in [3.8, 4) is 5.75 Å². The molecule has 0 saturated heterocycles. The number of nitrogens with zero attached hydrogens (tertiary/aromatic N) is 1. The molecular weight excluding hydrogens is 246 g/mol. The number of aromatic nitrogens is 1. The minimum absolute atomic E-state index is 0.141. The van der Waals surface area contributed by atoms with E-state index in [4.69, 9.17) is 9.47 Å². The van der Waals surface area contributed by atoms with Crippen LogP contribution in [0, 0.1) is 0 Å². The Bertz CT molecular complexity index is 583. The number of ether oxygens (including phenoxy) is 2. The van der Waals surface area contributed by atoms with Crippen LogP contribution in [0.15, 0.2) is 30.5 Å². The number of carboxylic acid groups (broad SMARTS) is 1. The fourth-order valence-electron chi connectivity index (χ4n) is 1.81. The summed E-state index contributed by atoms with van der Waals surface area (Å²) in [5, 5.41) is 9.90. The minimum atomic E-state index is -1.02. The zero-order valence-electron chi connectivity index (χ0n) is 10.6. The molecule has 0 amide bonds. The Balaban J connectivity index is 2.32. The van der Waals surface area contributed by atoms with Gasteiger partial charge in [-0.25, -0.2) is 4.79 Å². The zero-order valence-corrected chi connectivity index (χ0v) is 10.6. The molecule has 0 fully saturated rings. The second-order valence-corrected chi connectivity index (χ2v) is 3.87. The molecule has 0 aliphatic heterocycles. The first-order valence-corrected chi connectivity index (χ1v) is 6.05. The lowest BCUT2D eigenvalue weighted by molar-refractivity contribution is 0.0689. The highest BCUT2D eigenvalue weighted by Crippen LogP contribution is 2.26. The molecule has 0 saturated carbocycles. The Morgan fingerprint density at radius 1 is 1.32 bits per heavy atom. The maximum Gasteiger partial charge on any atom is 0.340 e. The highest BCUT2D eigenvalue weighted by atomic mass is 16.5. The molecule has 100 valence electrons. The van der Waals surface area contributed by atoms with E-state index in [-0.39, 0.29) is 11.3 Å². The van der Waals surface area contributed by atoms with Crippen molar-refractivity contribution in [3.05, 3.63) is 36.0 Å². The van der Waals surface area contributed by atoms with Gasteiger partial charge in [0.05, 0.1) is 18.3 Å². The number of carboxylic acids is 1. The fraction of sp³-hybridized carbons (Fsp3) is 0.286. The highest BCUT2D eigenvalue weighted by Gasteiger charge is 2.16. The van der Waals surface area contributed by atoms with Crippen LogP contribution in [0.5, 0.6) is 5.75 Å². The van der Waals surface area contributed by atoms with Gasteiger partial charge in [-0.15, -0.1) is 0 Å². The summed E-state index contributed by atoms with van der Waals surface area (Å²) in [6.07, 6.45) is 1.44. The number of pyridine rings is 1. The Morgan fingerprint density at radius 2 is 2.11 bits per heavy atom. The number of hydrogen-bond acceptors (Lipinski definition) is 4. The molecule has 1 heterocycles. The Hall–Kier alpha value is -2.14. The number of para-hydroxylation sites is 1. The molecule has 0 spiro atoms. The van der Waals surface area contributed by atoms with Gasteiger partial charge in [-0.05, 0) is 13.0 Å². The van der Waals surface area contributed by atoms with Crippen LogP contribution in [0.3, 0.4) is 0 Å². The third-order valence-electron chi connectivity index (χ3n) is 2.64. The van der Waals surface area contributed by atoms with Crippen molar-refractivity contribution in [3.63, 3.8) is 0 Å². The third-order valence-corrected chi connectivity index (χ3v) is 2.64. The predicted octanol–water partition coefficient (Wildman–Crippen LogP) is 2.35. The molecule has 2 rings (SSSR count).